The minimum atomic E-state index is -0.238. The van der Waals surface area contributed by atoms with Gasteiger partial charge in [-0.2, -0.15) is 0 Å². The van der Waals surface area contributed by atoms with Gasteiger partial charge >= 0.3 is 0 Å². The second kappa shape index (κ2) is 5.85. The highest BCUT2D eigenvalue weighted by Gasteiger charge is 2.37. The van der Waals surface area contributed by atoms with Crippen LogP contribution in [0.1, 0.15) is 57.8 Å². The van der Waals surface area contributed by atoms with Crippen LogP contribution in [0.3, 0.4) is 0 Å². The average molecular weight is 238 g/mol. The molecular weight excluding hydrogens is 212 g/mol. The zero-order valence-corrected chi connectivity index (χ0v) is 10.8. The Morgan fingerprint density at radius 1 is 1.18 bits per heavy atom. The van der Waals surface area contributed by atoms with Crippen LogP contribution in [0, 0.1) is 11.3 Å². The summed E-state index contributed by atoms with van der Waals surface area (Å²) in [5.74, 6) is 1.09. The Bertz CT molecular complexity index is 255. The van der Waals surface area contributed by atoms with Crippen LogP contribution in [0.25, 0.3) is 0 Å². The van der Waals surface area contributed by atoms with Gasteiger partial charge in [0.15, 0.2) is 0 Å². The largest absolute Gasteiger partial charge is 0.356 e. The van der Waals surface area contributed by atoms with Gasteiger partial charge in [0, 0.05) is 13.1 Å². The minimum absolute atomic E-state index is 0.221. The second-order valence-corrected chi connectivity index (χ2v) is 5.89. The molecule has 2 aliphatic rings. The number of hydrogen-bond acceptors (Lipinski definition) is 2. The summed E-state index contributed by atoms with van der Waals surface area (Å²) in [6.45, 7) is 1.37. The third kappa shape index (κ3) is 3.01. The lowest BCUT2D eigenvalue weighted by molar-refractivity contribution is -0.132. The predicted octanol–water partition coefficient (Wildman–Crippen LogP) is 2.20. The molecule has 2 fully saturated rings. The molecule has 0 bridgehead atoms. The number of carbonyl (C=O) groups is 1. The monoisotopic (exact) mass is 238 g/mol. The van der Waals surface area contributed by atoms with Gasteiger partial charge in [-0.15, -0.1) is 0 Å². The maximum Gasteiger partial charge on any atom is 0.227 e. The Hall–Kier alpha value is -0.570. The van der Waals surface area contributed by atoms with Crippen molar-refractivity contribution in [3.05, 3.63) is 0 Å². The number of carbonyl (C=O) groups excluding carboxylic acids is 1. The molecule has 0 aromatic rings. The number of rotatable bonds is 5. The lowest BCUT2D eigenvalue weighted by Crippen LogP contribution is -2.47. The van der Waals surface area contributed by atoms with Gasteiger partial charge in [-0.3, -0.25) is 4.79 Å². The first kappa shape index (κ1) is 12.9. The highest BCUT2D eigenvalue weighted by atomic mass is 16.2. The fourth-order valence-electron chi connectivity index (χ4n) is 3.11. The van der Waals surface area contributed by atoms with E-state index in [2.05, 4.69) is 5.32 Å². The van der Waals surface area contributed by atoms with Gasteiger partial charge in [0.25, 0.3) is 0 Å². The van der Waals surface area contributed by atoms with Crippen molar-refractivity contribution in [3.63, 3.8) is 0 Å². The highest BCUT2D eigenvalue weighted by molar-refractivity contribution is 5.82. The molecule has 1 amide bonds. The lowest BCUT2D eigenvalue weighted by atomic mass is 9.73. The fraction of sp³-hybridized carbons (Fsp3) is 0.929. The third-order valence-electron chi connectivity index (χ3n) is 4.75. The van der Waals surface area contributed by atoms with E-state index in [1.165, 1.54) is 25.7 Å². The van der Waals surface area contributed by atoms with Crippen LogP contribution in [0.4, 0.5) is 0 Å². The standard InChI is InChI=1S/C14H26N2O/c15-11-14(8-2-1-3-9-14)13(17)16-10-7-12-5-4-6-12/h12H,1-11,15H2,(H,16,17). The molecule has 0 unspecified atom stereocenters. The first-order valence-electron chi connectivity index (χ1n) is 7.25. The molecule has 2 rings (SSSR count). The van der Waals surface area contributed by atoms with Gasteiger partial charge in [-0.25, -0.2) is 0 Å². The van der Waals surface area contributed by atoms with Gasteiger partial charge in [-0.1, -0.05) is 38.5 Å². The molecule has 0 aliphatic heterocycles. The van der Waals surface area contributed by atoms with E-state index in [0.29, 0.717) is 6.54 Å². The zero-order valence-electron chi connectivity index (χ0n) is 10.8. The molecule has 2 aliphatic carbocycles. The summed E-state index contributed by atoms with van der Waals surface area (Å²) >= 11 is 0. The van der Waals surface area contributed by atoms with Crippen LogP contribution in [0.5, 0.6) is 0 Å². The van der Waals surface area contributed by atoms with Crippen molar-refractivity contribution in [3.8, 4) is 0 Å². The zero-order chi connectivity index (χ0) is 12.1. The van der Waals surface area contributed by atoms with E-state index in [0.717, 1.165) is 44.6 Å². The summed E-state index contributed by atoms with van der Waals surface area (Å²) in [6.07, 6.45) is 10.8. The Morgan fingerprint density at radius 2 is 1.88 bits per heavy atom. The fourth-order valence-corrected chi connectivity index (χ4v) is 3.11. The predicted molar refractivity (Wildman–Crippen MR) is 69.5 cm³/mol. The van der Waals surface area contributed by atoms with Gasteiger partial charge in [0.1, 0.15) is 0 Å². The quantitative estimate of drug-likeness (QED) is 0.771. The molecule has 3 heteroatoms. The summed E-state index contributed by atoms with van der Waals surface area (Å²) in [5.41, 5.74) is 5.61. The van der Waals surface area contributed by atoms with E-state index < -0.39 is 0 Å². The van der Waals surface area contributed by atoms with Crippen molar-refractivity contribution >= 4 is 5.91 Å². The maximum atomic E-state index is 12.2. The van der Waals surface area contributed by atoms with Crippen molar-refractivity contribution in [2.24, 2.45) is 17.1 Å². The van der Waals surface area contributed by atoms with E-state index in [1.807, 2.05) is 0 Å². The molecule has 3 nitrogen and oxygen atoms in total. The van der Waals surface area contributed by atoms with Gasteiger partial charge < -0.3 is 11.1 Å². The Kier molecular flexibility index (Phi) is 4.43. The molecule has 98 valence electrons. The maximum absolute atomic E-state index is 12.2. The number of amides is 1. The second-order valence-electron chi connectivity index (χ2n) is 5.89. The van der Waals surface area contributed by atoms with E-state index in [4.69, 9.17) is 5.73 Å². The molecule has 3 N–H and O–H groups in total. The summed E-state index contributed by atoms with van der Waals surface area (Å²) in [7, 11) is 0. The van der Waals surface area contributed by atoms with Crippen molar-refractivity contribution < 1.29 is 4.79 Å². The molecule has 0 aromatic heterocycles. The highest BCUT2D eigenvalue weighted by Crippen LogP contribution is 2.35. The molecule has 0 aromatic carbocycles. The molecule has 0 spiro atoms. The smallest absolute Gasteiger partial charge is 0.227 e. The van der Waals surface area contributed by atoms with E-state index in [9.17, 15) is 4.79 Å². The van der Waals surface area contributed by atoms with Crippen LogP contribution in [0.15, 0.2) is 0 Å². The Morgan fingerprint density at radius 3 is 2.41 bits per heavy atom. The molecule has 0 atom stereocenters. The SMILES string of the molecule is NCC1(C(=O)NCCC2CCC2)CCCCC1. The van der Waals surface area contributed by atoms with Crippen molar-refractivity contribution in [1.29, 1.82) is 0 Å². The van der Waals surface area contributed by atoms with Crippen LogP contribution >= 0.6 is 0 Å². The Balaban J connectivity index is 1.75. The van der Waals surface area contributed by atoms with Crippen molar-refractivity contribution in [2.75, 3.05) is 13.1 Å². The van der Waals surface area contributed by atoms with Crippen molar-refractivity contribution in [2.45, 2.75) is 57.8 Å². The topological polar surface area (TPSA) is 55.1 Å². The van der Waals surface area contributed by atoms with Gasteiger partial charge in [-0.05, 0) is 25.2 Å². The van der Waals surface area contributed by atoms with E-state index in [1.54, 1.807) is 0 Å². The number of hydrogen-bond donors (Lipinski definition) is 2. The molecule has 0 saturated heterocycles. The van der Waals surface area contributed by atoms with Crippen LogP contribution in [0.2, 0.25) is 0 Å². The third-order valence-corrected chi connectivity index (χ3v) is 4.75. The van der Waals surface area contributed by atoms with E-state index >= 15 is 0 Å². The van der Waals surface area contributed by atoms with Gasteiger partial charge in [0.2, 0.25) is 5.91 Å². The molecule has 0 radical (unpaired) electrons. The molecule has 0 heterocycles. The number of nitrogens with two attached hydrogens (primary N) is 1. The first-order chi connectivity index (χ1) is 8.27. The lowest BCUT2D eigenvalue weighted by Gasteiger charge is -2.35. The first-order valence-corrected chi connectivity index (χ1v) is 7.25. The summed E-state index contributed by atoms with van der Waals surface area (Å²) in [6, 6.07) is 0. The van der Waals surface area contributed by atoms with Crippen molar-refractivity contribution in [1.82, 2.24) is 5.32 Å². The normalized spacial score (nSPS) is 24.1. The minimum Gasteiger partial charge on any atom is -0.356 e. The molecule has 17 heavy (non-hydrogen) atoms. The summed E-state index contributed by atoms with van der Waals surface area (Å²) in [5, 5.41) is 3.12. The number of nitrogens with one attached hydrogen (secondary N) is 1. The van der Waals surface area contributed by atoms with Gasteiger partial charge in [0.05, 0.1) is 5.41 Å². The van der Waals surface area contributed by atoms with E-state index in [-0.39, 0.29) is 11.3 Å². The Labute approximate surface area is 105 Å². The van der Waals surface area contributed by atoms with Crippen LogP contribution in [-0.2, 0) is 4.79 Å². The average Bonchev–Trinajstić information content (AvgIpc) is 2.33. The van der Waals surface area contributed by atoms with Crippen LogP contribution < -0.4 is 11.1 Å². The molecular formula is C14H26N2O. The summed E-state index contributed by atoms with van der Waals surface area (Å²) in [4.78, 5) is 12.2. The molecule has 2 saturated carbocycles. The van der Waals surface area contributed by atoms with Crippen LogP contribution in [-0.4, -0.2) is 19.0 Å². The summed E-state index contributed by atoms with van der Waals surface area (Å²) < 4.78 is 0.